The fourth-order valence-corrected chi connectivity index (χ4v) is 7.61. The number of fused-ring (bicyclic) bond motifs is 3. The molecule has 0 spiro atoms. The number of phenols is 1. The lowest BCUT2D eigenvalue weighted by Crippen LogP contribution is -2.53. The van der Waals surface area contributed by atoms with E-state index in [4.69, 9.17) is 37.4 Å². The van der Waals surface area contributed by atoms with Crippen molar-refractivity contribution in [2.24, 2.45) is 5.92 Å². The van der Waals surface area contributed by atoms with Crippen molar-refractivity contribution in [1.29, 1.82) is 0 Å². The highest BCUT2D eigenvalue weighted by Gasteiger charge is 2.38. The molecule has 3 aliphatic rings. The topological polar surface area (TPSA) is 133 Å². The molecule has 14 heteroatoms. The number of amides is 1. The molecule has 2 bridgehead atoms. The first-order valence-corrected chi connectivity index (χ1v) is 17.1. The van der Waals surface area contributed by atoms with E-state index in [0.717, 1.165) is 42.8 Å². The maximum absolute atomic E-state index is 14.6. The molecule has 3 aliphatic heterocycles. The summed E-state index contributed by atoms with van der Waals surface area (Å²) in [7, 11) is 2.98. The average molecular weight is 742 g/mol. The van der Waals surface area contributed by atoms with Gasteiger partial charge in [0.2, 0.25) is 12.4 Å². The van der Waals surface area contributed by atoms with E-state index in [1.54, 1.807) is 30.3 Å². The van der Waals surface area contributed by atoms with Gasteiger partial charge < -0.3 is 24.4 Å². The van der Waals surface area contributed by atoms with E-state index in [0.29, 0.717) is 40.3 Å². The molecule has 51 heavy (non-hydrogen) atoms. The number of carbonyl (C=O) groups excluding carboxylic acids is 1. The summed E-state index contributed by atoms with van der Waals surface area (Å²) in [4.78, 5) is 30.1. The van der Waals surface area contributed by atoms with Crippen LogP contribution in [0.5, 0.6) is 17.2 Å². The summed E-state index contributed by atoms with van der Waals surface area (Å²) >= 11 is 13.1. The van der Waals surface area contributed by atoms with Crippen molar-refractivity contribution in [2.45, 2.75) is 37.8 Å². The zero-order valence-corrected chi connectivity index (χ0v) is 29.4. The van der Waals surface area contributed by atoms with Gasteiger partial charge in [-0.15, -0.1) is 0 Å². The molecule has 11 nitrogen and oxygen atoms in total. The van der Waals surface area contributed by atoms with Crippen LogP contribution in [0, 0.1) is 11.7 Å². The Hall–Kier alpha value is -4.78. The van der Waals surface area contributed by atoms with Gasteiger partial charge in [-0.1, -0.05) is 41.4 Å². The Labute approximate surface area is 303 Å². The first-order valence-electron chi connectivity index (χ1n) is 16.3. The second-order valence-corrected chi connectivity index (χ2v) is 13.5. The number of nitrogens with zero attached hydrogens (tertiary/aromatic N) is 3. The SMILES string of the molecule is COc1ccc([C@H](Cc2c(Cl)c[n+](O)cc2Cl)c2cc(CN(C(=O)O[C@H]3CN4CCC3CC4)c3cc(O)cc(F)c3)ccc2C(=O)O)cc1OC. The average Bonchev–Trinajstić information content (AvgIpc) is 3.10. The van der Waals surface area contributed by atoms with E-state index in [9.17, 15) is 29.4 Å². The van der Waals surface area contributed by atoms with Crippen molar-refractivity contribution in [3.05, 3.63) is 111 Å². The molecule has 3 fully saturated rings. The molecule has 0 saturated carbocycles. The number of aromatic hydroxyl groups is 1. The van der Waals surface area contributed by atoms with E-state index >= 15 is 0 Å². The number of hydrogen-bond donors (Lipinski definition) is 3. The zero-order chi connectivity index (χ0) is 36.4. The number of aromatic carboxylic acids is 1. The van der Waals surface area contributed by atoms with Gasteiger partial charge in [0.25, 0.3) is 0 Å². The van der Waals surface area contributed by atoms with Crippen LogP contribution in [0.4, 0.5) is 14.9 Å². The maximum Gasteiger partial charge on any atom is 0.414 e. The Kier molecular flexibility index (Phi) is 10.8. The Bertz CT molecular complexity index is 1910. The molecule has 2 atom stereocenters. The lowest BCUT2D eigenvalue weighted by molar-refractivity contribution is -0.904. The predicted octanol–water partition coefficient (Wildman–Crippen LogP) is 6.69. The number of ether oxygens (including phenoxy) is 3. The van der Waals surface area contributed by atoms with E-state index in [-0.39, 0.29) is 52.0 Å². The monoisotopic (exact) mass is 740 g/mol. The van der Waals surface area contributed by atoms with Crippen molar-refractivity contribution in [3.63, 3.8) is 0 Å². The maximum atomic E-state index is 14.6. The minimum Gasteiger partial charge on any atom is -0.508 e. The highest BCUT2D eigenvalue weighted by molar-refractivity contribution is 6.35. The van der Waals surface area contributed by atoms with Gasteiger partial charge in [0, 0.05) is 34.9 Å². The third-order valence-electron chi connectivity index (χ3n) is 9.60. The van der Waals surface area contributed by atoms with Gasteiger partial charge in [-0.2, -0.15) is 0 Å². The quantitative estimate of drug-likeness (QED) is 0.114. The molecule has 1 aromatic heterocycles. The number of phenolic OH excluding ortho intramolecular Hbond substituents is 1. The number of halogens is 3. The molecular weight excluding hydrogens is 704 g/mol. The lowest BCUT2D eigenvalue weighted by atomic mass is 9.82. The first kappa shape index (κ1) is 36.0. The molecule has 268 valence electrons. The van der Waals surface area contributed by atoms with Crippen LogP contribution in [0.3, 0.4) is 0 Å². The molecule has 3 saturated heterocycles. The van der Waals surface area contributed by atoms with Gasteiger partial charge in [0.15, 0.2) is 11.5 Å². The number of piperidine rings is 3. The molecule has 4 aromatic rings. The van der Waals surface area contributed by atoms with E-state index in [1.165, 1.54) is 43.6 Å². The second-order valence-electron chi connectivity index (χ2n) is 12.7. The van der Waals surface area contributed by atoms with Gasteiger partial charge >= 0.3 is 12.1 Å². The van der Waals surface area contributed by atoms with Gasteiger partial charge in [-0.25, -0.2) is 14.0 Å². The van der Waals surface area contributed by atoms with Gasteiger partial charge in [0.1, 0.15) is 27.7 Å². The van der Waals surface area contributed by atoms with E-state index in [2.05, 4.69) is 4.90 Å². The van der Waals surface area contributed by atoms with Crippen LogP contribution in [-0.4, -0.2) is 72.3 Å². The van der Waals surface area contributed by atoms with Gasteiger partial charge in [-0.05, 0) is 79.2 Å². The van der Waals surface area contributed by atoms with Crippen LogP contribution in [-0.2, 0) is 17.7 Å². The standard InChI is InChI=1S/C37H36Cl2FN3O8/c1-49-33-6-4-23(12-34(33)50-2)28(16-30-31(38)18-42(48)19-32(30)39)29-11-21(3-5-27(29)36(45)46)17-43(25-13-24(40)14-26(44)15-25)37(47)51-35-20-41-9-7-22(35)8-10-41/h3-6,11-15,18-19,22,28,35H,7-10,16-17,20H2,1-2H3,(H2-,44,45,46,48)/p+1/t28-,35-/m0/s1. The van der Waals surface area contributed by atoms with Crippen LogP contribution in [0.1, 0.15) is 51.4 Å². The molecular formula is C37H37Cl2FN3O8+. The van der Waals surface area contributed by atoms with Gasteiger partial charge in [0.05, 0.1) is 32.0 Å². The Morgan fingerprint density at radius 3 is 2.31 bits per heavy atom. The molecule has 0 aliphatic carbocycles. The third kappa shape index (κ3) is 7.93. The Morgan fingerprint density at radius 2 is 1.71 bits per heavy atom. The Morgan fingerprint density at radius 1 is 1.00 bits per heavy atom. The molecule has 1 amide bonds. The number of methoxy groups -OCH3 is 2. The number of carboxylic acid groups (broad SMARTS) is 1. The summed E-state index contributed by atoms with van der Waals surface area (Å²) in [6, 6.07) is 13.2. The van der Waals surface area contributed by atoms with Crippen molar-refractivity contribution < 1.29 is 48.3 Å². The molecule has 3 aromatic carbocycles. The summed E-state index contributed by atoms with van der Waals surface area (Å²) in [6.45, 7) is 2.34. The normalized spacial score (nSPS) is 18.6. The molecule has 4 heterocycles. The first-order chi connectivity index (χ1) is 24.4. The number of pyridine rings is 1. The van der Waals surface area contributed by atoms with Crippen LogP contribution >= 0.6 is 23.2 Å². The summed E-state index contributed by atoms with van der Waals surface area (Å²) in [5.74, 6) is -1.95. The van der Waals surface area contributed by atoms with E-state index in [1.807, 2.05) is 0 Å². The van der Waals surface area contributed by atoms with Crippen molar-refractivity contribution >= 4 is 41.0 Å². The van der Waals surface area contributed by atoms with Gasteiger partial charge in [-0.3, -0.25) is 15.0 Å². The summed E-state index contributed by atoms with van der Waals surface area (Å²) in [5, 5.41) is 31.0. The van der Waals surface area contributed by atoms with Crippen molar-refractivity contribution in [3.8, 4) is 17.2 Å². The van der Waals surface area contributed by atoms with Crippen LogP contribution < -0.4 is 19.1 Å². The number of hydrogen-bond acceptors (Lipinski definition) is 8. The molecule has 0 radical (unpaired) electrons. The minimum absolute atomic E-state index is 0.0243. The number of anilines is 1. The smallest absolute Gasteiger partial charge is 0.414 e. The number of aromatic nitrogens is 1. The van der Waals surface area contributed by atoms with Crippen molar-refractivity contribution in [2.75, 3.05) is 38.8 Å². The summed E-state index contributed by atoms with van der Waals surface area (Å²) in [6.07, 6.45) is 3.39. The third-order valence-corrected chi connectivity index (χ3v) is 10.2. The number of benzene rings is 3. The number of rotatable bonds is 11. The Balaban J connectivity index is 1.44. The molecule has 7 rings (SSSR count). The lowest BCUT2D eigenvalue weighted by Gasteiger charge is -2.44. The van der Waals surface area contributed by atoms with Crippen LogP contribution in [0.25, 0.3) is 0 Å². The molecule has 0 unspecified atom stereocenters. The second kappa shape index (κ2) is 15.2. The predicted molar refractivity (Wildman–Crippen MR) is 186 cm³/mol. The fourth-order valence-electron chi connectivity index (χ4n) is 7.01. The van der Waals surface area contributed by atoms with E-state index < -0.39 is 23.8 Å². The molecule has 3 N–H and O–H groups in total. The minimum atomic E-state index is -1.20. The number of carbonyl (C=O) groups is 2. The summed E-state index contributed by atoms with van der Waals surface area (Å²) < 4.78 is 32.4. The highest BCUT2D eigenvalue weighted by Crippen LogP contribution is 2.40. The fraction of sp³-hybridized carbons (Fsp3) is 0.324. The van der Waals surface area contributed by atoms with Crippen molar-refractivity contribution in [1.82, 2.24) is 4.90 Å². The van der Waals surface area contributed by atoms with Crippen LogP contribution in [0.2, 0.25) is 10.0 Å². The summed E-state index contributed by atoms with van der Waals surface area (Å²) in [5.41, 5.74) is 1.97. The van der Waals surface area contributed by atoms with Crippen LogP contribution in [0.15, 0.2) is 67.0 Å². The number of carboxylic acids is 1. The largest absolute Gasteiger partial charge is 0.508 e. The zero-order valence-electron chi connectivity index (χ0n) is 27.9. The highest BCUT2D eigenvalue weighted by atomic mass is 35.5.